The number of benzene rings is 1. The average molecular weight is 234 g/mol. The van der Waals surface area contributed by atoms with Gasteiger partial charge in [-0.15, -0.1) is 0 Å². The van der Waals surface area contributed by atoms with Crippen LogP contribution in [0.25, 0.3) is 0 Å². The first-order valence-electron chi connectivity index (χ1n) is 5.62. The third-order valence-corrected chi connectivity index (χ3v) is 2.71. The zero-order valence-corrected chi connectivity index (χ0v) is 10.0. The Morgan fingerprint density at radius 3 is 3.00 bits per heavy atom. The van der Waals surface area contributed by atoms with Crippen molar-refractivity contribution in [1.29, 1.82) is 5.26 Å². The van der Waals surface area contributed by atoms with Crippen LogP contribution in [0, 0.1) is 17.1 Å². The normalized spacial score (nSPS) is 16.9. The summed E-state index contributed by atoms with van der Waals surface area (Å²) in [7, 11) is 0. The molecule has 0 unspecified atom stereocenters. The second-order valence-electron chi connectivity index (χ2n) is 4.80. The van der Waals surface area contributed by atoms with Crippen LogP contribution in [-0.2, 0) is 0 Å². The summed E-state index contributed by atoms with van der Waals surface area (Å²) in [5, 5.41) is 8.65. The molecule has 1 aromatic rings. The predicted octanol–water partition coefficient (Wildman–Crippen LogP) is 2.72. The van der Waals surface area contributed by atoms with Gasteiger partial charge in [0, 0.05) is 12.6 Å². The van der Waals surface area contributed by atoms with E-state index in [0.717, 1.165) is 5.69 Å². The first-order chi connectivity index (χ1) is 8.02. The molecule has 17 heavy (non-hydrogen) atoms. The molecule has 0 fully saturated rings. The molecule has 4 heteroatoms. The van der Waals surface area contributed by atoms with Crippen LogP contribution in [0.5, 0.6) is 5.75 Å². The summed E-state index contributed by atoms with van der Waals surface area (Å²) in [6, 6.07) is 6.61. The maximum absolute atomic E-state index is 13.2. The molecule has 0 atom stereocenters. The standard InChI is InChI=1S/C13H15FN2O/c1-13(2)9-16(7-3-6-15)11-8-10(14)4-5-12(11)17-13/h4-5,8H,3,7,9H2,1-2H3. The fourth-order valence-electron chi connectivity index (χ4n) is 2.08. The van der Waals surface area contributed by atoms with Crippen LogP contribution in [0.4, 0.5) is 10.1 Å². The molecule has 0 radical (unpaired) electrons. The summed E-state index contributed by atoms with van der Waals surface area (Å²) >= 11 is 0. The summed E-state index contributed by atoms with van der Waals surface area (Å²) in [6.45, 7) is 5.22. The maximum atomic E-state index is 13.2. The topological polar surface area (TPSA) is 36.3 Å². The molecule has 0 amide bonds. The number of ether oxygens (including phenoxy) is 1. The molecule has 0 aromatic heterocycles. The Balaban J connectivity index is 2.34. The van der Waals surface area contributed by atoms with E-state index in [-0.39, 0.29) is 11.4 Å². The molecule has 1 aliphatic rings. The van der Waals surface area contributed by atoms with E-state index < -0.39 is 0 Å². The van der Waals surface area contributed by atoms with E-state index in [1.54, 1.807) is 6.07 Å². The van der Waals surface area contributed by atoms with Crippen LogP contribution in [-0.4, -0.2) is 18.7 Å². The number of rotatable bonds is 2. The lowest BCUT2D eigenvalue weighted by molar-refractivity contribution is 0.105. The van der Waals surface area contributed by atoms with Gasteiger partial charge in [-0.05, 0) is 26.0 Å². The number of hydrogen-bond donors (Lipinski definition) is 0. The van der Waals surface area contributed by atoms with Crippen LogP contribution >= 0.6 is 0 Å². The van der Waals surface area contributed by atoms with Gasteiger partial charge in [-0.3, -0.25) is 0 Å². The number of fused-ring (bicyclic) bond motifs is 1. The van der Waals surface area contributed by atoms with Crippen molar-refractivity contribution in [3.05, 3.63) is 24.0 Å². The molecule has 0 bridgehead atoms. The Bertz CT molecular complexity index is 465. The van der Waals surface area contributed by atoms with Crippen molar-refractivity contribution < 1.29 is 9.13 Å². The second-order valence-corrected chi connectivity index (χ2v) is 4.80. The van der Waals surface area contributed by atoms with Gasteiger partial charge in [0.25, 0.3) is 0 Å². The minimum absolute atomic E-state index is 0.283. The number of hydrogen-bond acceptors (Lipinski definition) is 3. The zero-order chi connectivity index (χ0) is 12.5. The van der Waals surface area contributed by atoms with Crippen molar-refractivity contribution in [1.82, 2.24) is 0 Å². The fourth-order valence-corrected chi connectivity index (χ4v) is 2.08. The lowest BCUT2D eigenvalue weighted by Gasteiger charge is -2.40. The Morgan fingerprint density at radius 1 is 1.53 bits per heavy atom. The van der Waals surface area contributed by atoms with Crippen LogP contribution < -0.4 is 9.64 Å². The third kappa shape index (κ3) is 2.50. The van der Waals surface area contributed by atoms with Gasteiger partial charge >= 0.3 is 0 Å². The minimum atomic E-state index is -0.319. The van der Waals surface area contributed by atoms with Crippen molar-refractivity contribution in [2.45, 2.75) is 25.9 Å². The van der Waals surface area contributed by atoms with E-state index in [1.807, 2.05) is 18.7 Å². The molecule has 1 aromatic carbocycles. The number of nitrogens with zero attached hydrogens (tertiary/aromatic N) is 2. The van der Waals surface area contributed by atoms with Crippen molar-refractivity contribution in [2.24, 2.45) is 0 Å². The van der Waals surface area contributed by atoms with E-state index in [9.17, 15) is 4.39 Å². The van der Waals surface area contributed by atoms with E-state index in [4.69, 9.17) is 10.00 Å². The molecule has 0 saturated heterocycles. The number of halogens is 1. The van der Waals surface area contributed by atoms with Crippen LogP contribution in [0.15, 0.2) is 18.2 Å². The summed E-state index contributed by atoms with van der Waals surface area (Å²) in [5.41, 5.74) is 0.417. The molecule has 1 aliphatic heterocycles. The van der Waals surface area contributed by atoms with Crippen LogP contribution in [0.3, 0.4) is 0 Å². The Hall–Kier alpha value is -1.76. The first-order valence-corrected chi connectivity index (χ1v) is 5.62. The smallest absolute Gasteiger partial charge is 0.143 e. The highest BCUT2D eigenvalue weighted by Crippen LogP contribution is 2.37. The average Bonchev–Trinajstić information content (AvgIpc) is 2.26. The molecule has 0 N–H and O–H groups in total. The lowest BCUT2D eigenvalue weighted by Crippen LogP contribution is -2.47. The quantitative estimate of drug-likeness (QED) is 0.789. The van der Waals surface area contributed by atoms with Crippen molar-refractivity contribution >= 4 is 5.69 Å². The van der Waals surface area contributed by atoms with Gasteiger partial charge in [0.05, 0.1) is 24.7 Å². The van der Waals surface area contributed by atoms with Gasteiger partial charge < -0.3 is 9.64 Å². The molecule has 0 aliphatic carbocycles. The monoisotopic (exact) mass is 234 g/mol. The minimum Gasteiger partial charge on any atom is -0.484 e. The van der Waals surface area contributed by atoms with Crippen molar-refractivity contribution in [2.75, 3.05) is 18.0 Å². The van der Waals surface area contributed by atoms with Gasteiger partial charge in [0.2, 0.25) is 0 Å². The van der Waals surface area contributed by atoms with E-state index in [0.29, 0.717) is 25.3 Å². The lowest BCUT2D eigenvalue weighted by atomic mass is 10.0. The van der Waals surface area contributed by atoms with Gasteiger partial charge in [-0.25, -0.2) is 4.39 Å². The highest BCUT2D eigenvalue weighted by atomic mass is 19.1. The molecular weight excluding hydrogens is 219 g/mol. The highest BCUT2D eigenvalue weighted by molar-refractivity contribution is 5.60. The predicted molar refractivity (Wildman–Crippen MR) is 63.6 cm³/mol. The molecule has 0 spiro atoms. The van der Waals surface area contributed by atoms with E-state index in [2.05, 4.69) is 6.07 Å². The molecule has 2 rings (SSSR count). The first kappa shape index (κ1) is 11.7. The zero-order valence-electron chi connectivity index (χ0n) is 10.0. The van der Waals surface area contributed by atoms with Crippen molar-refractivity contribution in [3.8, 4) is 11.8 Å². The summed E-state index contributed by atoms with van der Waals surface area (Å²) in [5.74, 6) is 0.398. The Morgan fingerprint density at radius 2 is 2.29 bits per heavy atom. The Kier molecular flexibility index (Phi) is 2.93. The summed E-state index contributed by atoms with van der Waals surface area (Å²) in [6.07, 6.45) is 0.423. The molecule has 90 valence electrons. The SMILES string of the molecule is CC1(C)CN(CCC#N)c2cc(F)ccc2O1. The Labute approximate surface area is 100 Å². The van der Waals surface area contributed by atoms with E-state index >= 15 is 0 Å². The van der Waals surface area contributed by atoms with E-state index in [1.165, 1.54) is 12.1 Å². The maximum Gasteiger partial charge on any atom is 0.143 e. The van der Waals surface area contributed by atoms with Crippen LogP contribution in [0.2, 0.25) is 0 Å². The summed E-state index contributed by atoms with van der Waals surface area (Å²) < 4.78 is 19.0. The molecule has 1 heterocycles. The van der Waals surface area contributed by atoms with Gasteiger partial charge in [0.15, 0.2) is 0 Å². The number of nitriles is 1. The highest BCUT2D eigenvalue weighted by Gasteiger charge is 2.31. The van der Waals surface area contributed by atoms with Crippen LogP contribution in [0.1, 0.15) is 20.3 Å². The summed E-state index contributed by atoms with van der Waals surface area (Å²) in [4.78, 5) is 2.01. The van der Waals surface area contributed by atoms with Crippen molar-refractivity contribution in [3.63, 3.8) is 0 Å². The van der Waals surface area contributed by atoms with Gasteiger partial charge in [-0.2, -0.15) is 5.26 Å². The molecule has 0 saturated carbocycles. The van der Waals surface area contributed by atoms with Gasteiger partial charge in [-0.1, -0.05) is 0 Å². The third-order valence-electron chi connectivity index (χ3n) is 2.71. The largest absolute Gasteiger partial charge is 0.484 e. The van der Waals surface area contributed by atoms with Gasteiger partial charge in [0.1, 0.15) is 17.2 Å². The molecular formula is C13H15FN2O. The molecule has 3 nitrogen and oxygen atoms in total. The second kappa shape index (κ2) is 4.25. The number of anilines is 1. The fraction of sp³-hybridized carbons (Fsp3) is 0.462.